The third kappa shape index (κ3) is 5.83. The molecule has 2 aromatic carbocycles. The molecule has 1 unspecified atom stereocenters. The van der Waals surface area contributed by atoms with Crippen LogP contribution < -0.4 is 10.2 Å². The molecule has 2 aromatic rings. The van der Waals surface area contributed by atoms with Crippen LogP contribution in [0, 0.1) is 5.82 Å². The van der Waals surface area contributed by atoms with Crippen molar-refractivity contribution >= 4 is 5.91 Å². The Morgan fingerprint density at radius 3 is 2.43 bits per heavy atom. The summed E-state index contributed by atoms with van der Waals surface area (Å²) in [4.78, 5) is 13.1. The van der Waals surface area contributed by atoms with Crippen LogP contribution in [-0.2, 0) is 11.3 Å². The molecule has 0 aliphatic rings. The predicted octanol–water partition coefficient (Wildman–Crippen LogP) is 1.76. The highest BCUT2D eigenvalue weighted by Crippen LogP contribution is 2.12. The summed E-state index contributed by atoms with van der Waals surface area (Å²) >= 11 is 0. The van der Waals surface area contributed by atoms with Gasteiger partial charge in [0.2, 0.25) is 0 Å². The van der Waals surface area contributed by atoms with E-state index in [1.165, 1.54) is 17.7 Å². The van der Waals surface area contributed by atoms with Crippen LogP contribution in [0.2, 0.25) is 0 Å². The van der Waals surface area contributed by atoms with E-state index in [2.05, 4.69) is 24.4 Å². The zero-order valence-electron chi connectivity index (χ0n) is 13.7. The number of benzene rings is 2. The van der Waals surface area contributed by atoms with Gasteiger partial charge in [-0.3, -0.25) is 4.79 Å². The maximum atomic E-state index is 12.9. The summed E-state index contributed by atoms with van der Waals surface area (Å²) in [6, 6.07) is 16.6. The van der Waals surface area contributed by atoms with E-state index in [0.29, 0.717) is 19.6 Å². The van der Waals surface area contributed by atoms with E-state index in [0.717, 1.165) is 10.5 Å². The van der Waals surface area contributed by atoms with Gasteiger partial charge in [0, 0.05) is 12.1 Å². The normalized spacial score (nSPS) is 13.3. The molecule has 0 saturated carbocycles. The molecule has 0 fully saturated rings. The Balaban J connectivity index is 1.74. The average molecular weight is 315 g/mol. The Bertz CT molecular complexity index is 613. The number of hydrogen-bond donors (Lipinski definition) is 2. The molecule has 1 amide bonds. The molecule has 122 valence electrons. The Morgan fingerprint density at radius 2 is 1.78 bits per heavy atom. The lowest BCUT2D eigenvalue weighted by Gasteiger charge is -2.16. The lowest BCUT2D eigenvalue weighted by Crippen LogP contribution is -3.08. The van der Waals surface area contributed by atoms with Gasteiger partial charge in [-0.25, -0.2) is 4.39 Å². The minimum Gasteiger partial charge on any atom is -0.351 e. The van der Waals surface area contributed by atoms with Crippen molar-refractivity contribution in [3.63, 3.8) is 0 Å². The SMILES string of the molecule is C[C@@H](CNC(=O)C[NH+](C)Cc1ccc(F)cc1)c1ccccc1. The highest BCUT2D eigenvalue weighted by Gasteiger charge is 2.12. The highest BCUT2D eigenvalue weighted by atomic mass is 19.1. The van der Waals surface area contributed by atoms with Crippen molar-refractivity contribution in [1.82, 2.24) is 5.32 Å². The molecule has 0 spiro atoms. The first-order valence-electron chi connectivity index (χ1n) is 7.92. The molecule has 3 nitrogen and oxygen atoms in total. The van der Waals surface area contributed by atoms with Crippen LogP contribution in [-0.4, -0.2) is 26.0 Å². The van der Waals surface area contributed by atoms with E-state index in [-0.39, 0.29) is 17.6 Å². The molecule has 0 saturated heterocycles. The van der Waals surface area contributed by atoms with Crippen molar-refractivity contribution in [2.24, 2.45) is 0 Å². The molecular formula is C19H24FN2O+. The van der Waals surface area contributed by atoms with Crippen molar-refractivity contribution in [2.45, 2.75) is 19.4 Å². The van der Waals surface area contributed by atoms with E-state index in [4.69, 9.17) is 0 Å². The fourth-order valence-corrected chi connectivity index (χ4v) is 2.52. The first-order valence-corrected chi connectivity index (χ1v) is 7.92. The van der Waals surface area contributed by atoms with Crippen LogP contribution >= 0.6 is 0 Å². The van der Waals surface area contributed by atoms with Gasteiger partial charge in [0.05, 0.1) is 7.05 Å². The zero-order valence-corrected chi connectivity index (χ0v) is 13.7. The van der Waals surface area contributed by atoms with Crippen LogP contribution in [0.5, 0.6) is 0 Å². The summed E-state index contributed by atoms with van der Waals surface area (Å²) in [5, 5.41) is 2.99. The quantitative estimate of drug-likeness (QED) is 0.802. The summed E-state index contributed by atoms with van der Waals surface area (Å²) in [7, 11) is 1.96. The van der Waals surface area contributed by atoms with Crippen molar-refractivity contribution in [1.29, 1.82) is 0 Å². The largest absolute Gasteiger partial charge is 0.351 e. The molecular weight excluding hydrogens is 291 g/mol. The molecule has 2 atom stereocenters. The van der Waals surface area contributed by atoms with Gasteiger partial charge >= 0.3 is 0 Å². The minimum absolute atomic E-state index is 0.0346. The standard InChI is InChI=1S/C19H23FN2O/c1-15(17-6-4-3-5-7-17)12-21-19(23)14-22(2)13-16-8-10-18(20)11-9-16/h3-11,15H,12-14H2,1-2H3,(H,21,23)/p+1/t15-/m0/s1. The fourth-order valence-electron chi connectivity index (χ4n) is 2.52. The monoisotopic (exact) mass is 315 g/mol. The second-order valence-electron chi connectivity index (χ2n) is 6.05. The summed E-state index contributed by atoms with van der Waals surface area (Å²) in [6.45, 7) is 3.83. The van der Waals surface area contributed by atoms with Crippen LogP contribution in [0.25, 0.3) is 0 Å². The molecule has 0 heterocycles. The number of amides is 1. The molecule has 0 bridgehead atoms. The van der Waals surface area contributed by atoms with Crippen molar-refractivity contribution in [3.8, 4) is 0 Å². The average Bonchev–Trinajstić information content (AvgIpc) is 2.55. The Morgan fingerprint density at radius 1 is 1.13 bits per heavy atom. The number of halogens is 1. The second-order valence-corrected chi connectivity index (χ2v) is 6.05. The maximum Gasteiger partial charge on any atom is 0.275 e. The fraction of sp³-hybridized carbons (Fsp3) is 0.316. The number of nitrogens with one attached hydrogen (secondary N) is 2. The molecule has 0 aliphatic heterocycles. The Kier molecular flexibility index (Phi) is 6.29. The summed E-state index contributed by atoms with van der Waals surface area (Å²) in [5.74, 6) is 0.0870. The lowest BCUT2D eigenvalue weighted by molar-refractivity contribution is -0.885. The molecule has 23 heavy (non-hydrogen) atoms. The summed E-state index contributed by atoms with van der Waals surface area (Å²) in [5.41, 5.74) is 2.24. The van der Waals surface area contributed by atoms with Gasteiger partial charge in [-0.15, -0.1) is 0 Å². The molecule has 2 N–H and O–H groups in total. The third-order valence-corrected chi connectivity index (χ3v) is 3.86. The van der Waals surface area contributed by atoms with Gasteiger partial charge in [0.1, 0.15) is 12.4 Å². The maximum absolute atomic E-state index is 12.9. The van der Waals surface area contributed by atoms with Crippen molar-refractivity contribution in [2.75, 3.05) is 20.1 Å². The van der Waals surface area contributed by atoms with E-state index in [1.807, 2.05) is 25.2 Å². The third-order valence-electron chi connectivity index (χ3n) is 3.86. The number of rotatable bonds is 7. The Labute approximate surface area is 137 Å². The van der Waals surface area contributed by atoms with Crippen LogP contribution in [0.3, 0.4) is 0 Å². The molecule has 0 aromatic heterocycles. The number of hydrogen-bond acceptors (Lipinski definition) is 1. The van der Waals surface area contributed by atoms with E-state index >= 15 is 0 Å². The lowest BCUT2D eigenvalue weighted by atomic mass is 10.0. The first kappa shape index (κ1) is 17.2. The number of carbonyl (C=O) groups is 1. The number of likely N-dealkylation sites (N-methyl/N-ethyl adjacent to an activating group) is 1. The highest BCUT2D eigenvalue weighted by molar-refractivity contribution is 5.76. The van der Waals surface area contributed by atoms with Gasteiger partial charge in [0.25, 0.3) is 5.91 Å². The molecule has 4 heteroatoms. The summed E-state index contributed by atoms with van der Waals surface area (Å²) in [6.07, 6.45) is 0. The van der Waals surface area contributed by atoms with Crippen LogP contribution in [0.1, 0.15) is 24.0 Å². The number of carbonyl (C=O) groups excluding carboxylic acids is 1. The van der Waals surface area contributed by atoms with Crippen molar-refractivity contribution in [3.05, 3.63) is 71.5 Å². The van der Waals surface area contributed by atoms with Crippen LogP contribution in [0.15, 0.2) is 54.6 Å². The Hall–Kier alpha value is -2.20. The van der Waals surface area contributed by atoms with Gasteiger partial charge in [0.15, 0.2) is 6.54 Å². The van der Waals surface area contributed by atoms with Crippen molar-refractivity contribution < 1.29 is 14.1 Å². The molecule has 0 radical (unpaired) electrons. The van der Waals surface area contributed by atoms with Gasteiger partial charge in [-0.05, 0) is 23.6 Å². The first-order chi connectivity index (χ1) is 11.0. The van der Waals surface area contributed by atoms with Gasteiger partial charge in [-0.2, -0.15) is 0 Å². The molecule has 0 aliphatic carbocycles. The van der Waals surface area contributed by atoms with Gasteiger partial charge < -0.3 is 10.2 Å². The molecule has 2 rings (SSSR count). The van der Waals surface area contributed by atoms with E-state index in [9.17, 15) is 9.18 Å². The summed E-state index contributed by atoms with van der Waals surface area (Å²) < 4.78 is 12.9. The smallest absolute Gasteiger partial charge is 0.275 e. The van der Waals surface area contributed by atoms with Crippen LogP contribution in [0.4, 0.5) is 4.39 Å². The van der Waals surface area contributed by atoms with E-state index < -0.39 is 0 Å². The topological polar surface area (TPSA) is 33.5 Å². The zero-order chi connectivity index (χ0) is 16.7. The predicted molar refractivity (Wildman–Crippen MR) is 89.7 cm³/mol. The minimum atomic E-state index is -0.237. The van der Waals surface area contributed by atoms with E-state index in [1.54, 1.807) is 12.1 Å². The number of quaternary nitrogens is 1. The van der Waals surface area contributed by atoms with Gasteiger partial charge in [-0.1, -0.05) is 49.4 Å². The second kappa shape index (κ2) is 8.44.